The lowest BCUT2D eigenvalue weighted by molar-refractivity contribution is -0.125. The van der Waals surface area contributed by atoms with Gasteiger partial charge in [0.2, 0.25) is 0 Å². The third-order valence-electron chi connectivity index (χ3n) is 2.99. The standard InChI is InChI=1S/C13H16N2O2/c16-13(15-9-5-2-6-10-15)12(14-17)11-7-3-1-4-8-11/h1,3-4,7-8,17H,2,5-6,9-10H2/b14-12+. The number of hydrogen-bond donors (Lipinski definition) is 1. The lowest BCUT2D eigenvalue weighted by Gasteiger charge is -2.26. The number of nitrogens with zero attached hydrogens (tertiary/aromatic N) is 2. The van der Waals surface area contributed by atoms with E-state index in [9.17, 15) is 4.79 Å². The second-order valence-electron chi connectivity index (χ2n) is 4.17. The molecule has 4 nitrogen and oxygen atoms in total. The molecule has 0 radical (unpaired) electrons. The summed E-state index contributed by atoms with van der Waals surface area (Å²) in [5.74, 6) is -0.182. The molecule has 1 saturated heterocycles. The van der Waals surface area contributed by atoms with Gasteiger partial charge in [-0.25, -0.2) is 0 Å². The lowest BCUT2D eigenvalue weighted by Crippen LogP contribution is -2.40. The van der Waals surface area contributed by atoms with Gasteiger partial charge in [0.05, 0.1) is 0 Å². The zero-order valence-electron chi connectivity index (χ0n) is 9.67. The normalized spacial score (nSPS) is 16.9. The minimum atomic E-state index is -0.182. The smallest absolute Gasteiger partial charge is 0.276 e. The largest absolute Gasteiger partial charge is 0.410 e. The fourth-order valence-electron chi connectivity index (χ4n) is 2.07. The highest BCUT2D eigenvalue weighted by Crippen LogP contribution is 2.11. The van der Waals surface area contributed by atoms with E-state index in [-0.39, 0.29) is 11.6 Å². The highest BCUT2D eigenvalue weighted by molar-refractivity contribution is 6.45. The van der Waals surface area contributed by atoms with Crippen molar-refractivity contribution in [2.24, 2.45) is 5.16 Å². The zero-order chi connectivity index (χ0) is 12.1. The van der Waals surface area contributed by atoms with Crippen molar-refractivity contribution >= 4 is 11.6 Å². The molecule has 1 aromatic rings. The summed E-state index contributed by atoms with van der Waals surface area (Å²) in [5, 5.41) is 12.2. The Balaban J connectivity index is 2.16. The minimum absolute atomic E-state index is 0.132. The number of rotatable bonds is 2. The van der Waals surface area contributed by atoms with Gasteiger partial charge in [-0.1, -0.05) is 35.5 Å². The van der Waals surface area contributed by atoms with Crippen molar-refractivity contribution in [3.05, 3.63) is 35.9 Å². The van der Waals surface area contributed by atoms with Crippen LogP contribution in [-0.2, 0) is 4.79 Å². The summed E-state index contributed by atoms with van der Waals surface area (Å²) >= 11 is 0. The molecule has 1 N–H and O–H groups in total. The van der Waals surface area contributed by atoms with E-state index in [0.717, 1.165) is 25.9 Å². The SMILES string of the molecule is O=C(/C(=N/O)c1ccccc1)N1CCCCC1. The number of likely N-dealkylation sites (tertiary alicyclic amines) is 1. The maximum absolute atomic E-state index is 12.2. The molecule has 0 saturated carbocycles. The maximum atomic E-state index is 12.2. The van der Waals surface area contributed by atoms with Crippen molar-refractivity contribution in [1.29, 1.82) is 0 Å². The van der Waals surface area contributed by atoms with Crippen molar-refractivity contribution in [2.45, 2.75) is 19.3 Å². The molecule has 1 amide bonds. The lowest BCUT2D eigenvalue weighted by atomic mass is 10.1. The van der Waals surface area contributed by atoms with E-state index in [1.807, 2.05) is 18.2 Å². The summed E-state index contributed by atoms with van der Waals surface area (Å²) in [7, 11) is 0. The van der Waals surface area contributed by atoms with Crippen LogP contribution < -0.4 is 0 Å². The summed E-state index contributed by atoms with van der Waals surface area (Å²) < 4.78 is 0. The van der Waals surface area contributed by atoms with Crippen LogP contribution in [0.4, 0.5) is 0 Å². The van der Waals surface area contributed by atoms with E-state index < -0.39 is 0 Å². The molecule has 17 heavy (non-hydrogen) atoms. The third kappa shape index (κ3) is 2.64. The van der Waals surface area contributed by atoms with E-state index in [1.54, 1.807) is 17.0 Å². The molecule has 1 aliphatic heterocycles. The molecule has 90 valence electrons. The number of benzene rings is 1. The summed E-state index contributed by atoms with van der Waals surface area (Å²) in [4.78, 5) is 13.9. The third-order valence-corrected chi connectivity index (χ3v) is 2.99. The average molecular weight is 232 g/mol. The Morgan fingerprint density at radius 1 is 1.12 bits per heavy atom. The summed E-state index contributed by atoms with van der Waals surface area (Å²) in [6.45, 7) is 1.51. The molecule has 0 atom stereocenters. The molecule has 1 fully saturated rings. The molecule has 4 heteroatoms. The Kier molecular flexibility index (Phi) is 3.75. The molecule has 0 bridgehead atoms. The van der Waals surface area contributed by atoms with Crippen molar-refractivity contribution in [3.8, 4) is 0 Å². The number of piperidine rings is 1. The van der Waals surface area contributed by atoms with E-state index in [4.69, 9.17) is 5.21 Å². The van der Waals surface area contributed by atoms with Crippen LogP contribution in [0.1, 0.15) is 24.8 Å². The van der Waals surface area contributed by atoms with Crippen LogP contribution >= 0.6 is 0 Å². The van der Waals surface area contributed by atoms with Crippen LogP contribution in [0.25, 0.3) is 0 Å². The zero-order valence-corrected chi connectivity index (χ0v) is 9.67. The van der Waals surface area contributed by atoms with Crippen molar-refractivity contribution in [1.82, 2.24) is 4.90 Å². The molecule has 2 rings (SSSR count). The quantitative estimate of drug-likeness (QED) is 0.481. The second kappa shape index (κ2) is 5.48. The highest BCUT2D eigenvalue weighted by Gasteiger charge is 2.23. The van der Waals surface area contributed by atoms with Gasteiger partial charge in [-0.2, -0.15) is 0 Å². The van der Waals surface area contributed by atoms with Gasteiger partial charge < -0.3 is 10.1 Å². The molecule has 1 aliphatic rings. The van der Waals surface area contributed by atoms with Crippen molar-refractivity contribution < 1.29 is 10.0 Å². The van der Waals surface area contributed by atoms with E-state index in [1.165, 1.54) is 6.42 Å². The van der Waals surface area contributed by atoms with Crippen LogP contribution in [0.5, 0.6) is 0 Å². The fourth-order valence-corrected chi connectivity index (χ4v) is 2.07. The number of carbonyl (C=O) groups excluding carboxylic acids is 1. The molecule has 0 aromatic heterocycles. The Morgan fingerprint density at radius 2 is 1.76 bits per heavy atom. The Labute approximate surface area is 101 Å². The molecule has 0 spiro atoms. The minimum Gasteiger partial charge on any atom is -0.410 e. The van der Waals surface area contributed by atoms with Gasteiger partial charge in [0.15, 0.2) is 5.71 Å². The number of carbonyl (C=O) groups is 1. The fraction of sp³-hybridized carbons (Fsp3) is 0.385. The van der Waals surface area contributed by atoms with Crippen molar-refractivity contribution in [3.63, 3.8) is 0 Å². The van der Waals surface area contributed by atoms with Crippen LogP contribution in [0.15, 0.2) is 35.5 Å². The summed E-state index contributed by atoms with van der Waals surface area (Å²) in [6.07, 6.45) is 3.22. The summed E-state index contributed by atoms with van der Waals surface area (Å²) in [5.41, 5.74) is 0.790. The molecule has 0 unspecified atom stereocenters. The van der Waals surface area contributed by atoms with Crippen LogP contribution in [0.2, 0.25) is 0 Å². The van der Waals surface area contributed by atoms with Gasteiger partial charge in [-0.3, -0.25) is 4.79 Å². The first-order chi connectivity index (χ1) is 8.33. The molecular weight excluding hydrogens is 216 g/mol. The Hall–Kier alpha value is -1.84. The molecule has 0 aliphatic carbocycles. The Morgan fingerprint density at radius 3 is 2.35 bits per heavy atom. The predicted octanol–water partition coefficient (Wildman–Crippen LogP) is 1.88. The second-order valence-corrected chi connectivity index (χ2v) is 4.17. The first kappa shape index (κ1) is 11.6. The van der Waals surface area contributed by atoms with Gasteiger partial charge >= 0.3 is 0 Å². The predicted molar refractivity (Wildman–Crippen MR) is 65.2 cm³/mol. The van der Waals surface area contributed by atoms with Gasteiger partial charge in [0.1, 0.15) is 0 Å². The van der Waals surface area contributed by atoms with E-state index in [2.05, 4.69) is 5.16 Å². The van der Waals surface area contributed by atoms with E-state index >= 15 is 0 Å². The maximum Gasteiger partial charge on any atom is 0.276 e. The van der Waals surface area contributed by atoms with Crippen LogP contribution in [0, 0.1) is 0 Å². The van der Waals surface area contributed by atoms with Gasteiger partial charge in [0.25, 0.3) is 5.91 Å². The summed E-state index contributed by atoms with van der Waals surface area (Å²) in [6, 6.07) is 9.06. The number of oxime groups is 1. The average Bonchev–Trinajstić information content (AvgIpc) is 2.42. The Bertz CT molecular complexity index is 409. The van der Waals surface area contributed by atoms with Gasteiger partial charge in [-0.05, 0) is 19.3 Å². The first-order valence-electron chi connectivity index (χ1n) is 5.89. The van der Waals surface area contributed by atoms with E-state index in [0.29, 0.717) is 5.56 Å². The van der Waals surface area contributed by atoms with Crippen LogP contribution in [0.3, 0.4) is 0 Å². The molecule has 1 aromatic carbocycles. The van der Waals surface area contributed by atoms with Gasteiger partial charge in [0, 0.05) is 18.7 Å². The molecule has 1 heterocycles. The highest BCUT2D eigenvalue weighted by atomic mass is 16.4. The number of hydrogen-bond acceptors (Lipinski definition) is 3. The number of amides is 1. The van der Waals surface area contributed by atoms with Gasteiger partial charge in [-0.15, -0.1) is 0 Å². The first-order valence-corrected chi connectivity index (χ1v) is 5.89. The topological polar surface area (TPSA) is 52.9 Å². The monoisotopic (exact) mass is 232 g/mol. The molecular formula is C13H16N2O2. The van der Waals surface area contributed by atoms with Crippen LogP contribution in [-0.4, -0.2) is 34.8 Å². The van der Waals surface area contributed by atoms with Crippen molar-refractivity contribution in [2.75, 3.05) is 13.1 Å².